The molecule has 1 saturated heterocycles. The molecule has 0 spiro atoms. The highest BCUT2D eigenvalue weighted by atomic mass is 35.5. The summed E-state index contributed by atoms with van der Waals surface area (Å²) in [6.07, 6.45) is 0.612. The van der Waals surface area contributed by atoms with Crippen molar-refractivity contribution in [3.8, 4) is 0 Å². The lowest BCUT2D eigenvalue weighted by molar-refractivity contribution is 0.454. The number of para-hydroxylation sites is 2. The van der Waals surface area contributed by atoms with Gasteiger partial charge in [0.1, 0.15) is 5.52 Å². The molecule has 7 heteroatoms. The number of benzene rings is 1. The minimum absolute atomic E-state index is 0. The minimum Gasteiger partial charge on any atom is -0.428 e. The molecule has 18 heavy (non-hydrogen) atoms. The molecule has 1 atom stereocenters. The summed E-state index contributed by atoms with van der Waals surface area (Å²) in [4.78, 5) is 4.05. The van der Waals surface area contributed by atoms with E-state index in [9.17, 15) is 8.42 Å². The van der Waals surface area contributed by atoms with E-state index in [0.29, 0.717) is 24.1 Å². The van der Waals surface area contributed by atoms with Crippen LogP contribution in [0, 0.1) is 0 Å². The first-order chi connectivity index (χ1) is 8.18. The summed E-state index contributed by atoms with van der Waals surface area (Å²) in [5, 5.41) is 2.45. The van der Waals surface area contributed by atoms with Crippen LogP contribution >= 0.6 is 12.4 Å². The van der Waals surface area contributed by atoms with Gasteiger partial charge in [-0.3, -0.25) is 0 Å². The Hall–Kier alpha value is -1.11. The Labute approximate surface area is 111 Å². The van der Waals surface area contributed by atoms with Crippen LogP contribution in [-0.4, -0.2) is 31.7 Å². The average Bonchev–Trinajstić information content (AvgIpc) is 2.98. The van der Waals surface area contributed by atoms with Gasteiger partial charge in [-0.15, -0.1) is 12.4 Å². The largest absolute Gasteiger partial charge is 0.428 e. The highest BCUT2D eigenvalue weighted by molar-refractivity contribution is 7.91. The second-order valence-electron chi connectivity index (χ2n) is 4.11. The van der Waals surface area contributed by atoms with E-state index in [2.05, 4.69) is 10.3 Å². The van der Waals surface area contributed by atoms with Crippen LogP contribution in [-0.2, 0) is 9.84 Å². The number of hydrogen-bond acceptors (Lipinski definition) is 5. The monoisotopic (exact) mass is 288 g/mol. The first-order valence-electron chi connectivity index (χ1n) is 5.48. The van der Waals surface area contributed by atoms with Crippen LogP contribution in [0.25, 0.3) is 11.1 Å². The van der Waals surface area contributed by atoms with Crippen molar-refractivity contribution in [2.75, 3.05) is 13.1 Å². The highest BCUT2D eigenvalue weighted by Crippen LogP contribution is 2.23. The first kappa shape index (κ1) is 13.3. The fraction of sp³-hybridized carbons (Fsp3) is 0.364. The summed E-state index contributed by atoms with van der Waals surface area (Å²) in [5.74, 6) is 0. The fourth-order valence-electron chi connectivity index (χ4n) is 2.01. The van der Waals surface area contributed by atoms with Crippen molar-refractivity contribution in [3.05, 3.63) is 24.3 Å². The Morgan fingerprint density at radius 2 is 2.11 bits per heavy atom. The van der Waals surface area contributed by atoms with E-state index >= 15 is 0 Å². The smallest absolute Gasteiger partial charge is 0.316 e. The molecule has 0 unspecified atom stereocenters. The van der Waals surface area contributed by atoms with Gasteiger partial charge in [-0.05, 0) is 25.1 Å². The second kappa shape index (κ2) is 4.87. The van der Waals surface area contributed by atoms with Crippen LogP contribution in [0.3, 0.4) is 0 Å². The van der Waals surface area contributed by atoms with Crippen LogP contribution in [0.1, 0.15) is 6.42 Å². The van der Waals surface area contributed by atoms with Crippen molar-refractivity contribution in [2.24, 2.45) is 0 Å². The quantitative estimate of drug-likeness (QED) is 0.904. The Kier molecular flexibility index (Phi) is 3.61. The number of sulfone groups is 1. The van der Waals surface area contributed by atoms with Gasteiger partial charge >= 0.3 is 5.22 Å². The predicted molar refractivity (Wildman–Crippen MR) is 69.7 cm³/mol. The molecule has 0 aliphatic carbocycles. The molecule has 0 saturated carbocycles. The maximum Gasteiger partial charge on any atom is 0.316 e. The first-order valence-corrected chi connectivity index (χ1v) is 7.03. The van der Waals surface area contributed by atoms with Crippen molar-refractivity contribution < 1.29 is 12.8 Å². The van der Waals surface area contributed by atoms with Gasteiger partial charge in [0.25, 0.3) is 0 Å². The number of rotatable bonds is 2. The van der Waals surface area contributed by atoms with E-state index in [-0.39, 0.29) is 17.6 Å². The molecule has 0 amide bonds. The molecule has 1 aromatic carbocycles. The standard InChI is InChI=1S/C11H12N2O3S.ClH/c14-17(15,8-5-6-12-7-8)11-13-9-3-1-2-4-10(9)16-11;/h1-4,8,12H,5-7H2;1H/t8-;/m0./s1. The number of nitrogens with one attached hydrogen (secondary N) is 1. The number of aromatic nitrogens is 1. The molecule has 0 bridgehead atoms. The molecule has 1 aliphatic heterocycles. The van der Waals surface area contributed by atoms with Crippen LogP contribution in [0.15, 0.2) is 33.9 Å². The topological polar surface area (TPSA) is 72.2 Å². The number of nitrogens with zero attached hydrogens (tertiary/aromatic N) is 1. The zero-order valence-electron chi connectivity index (χ0n) is 9.50. The number of halogens is 1. The third-order valence-corrected chi connectivity index (χ3v) is 4.91. The summed E-state index contributed by atoms with van der Waals surface area (Å²) >= 11 is 0. The van der Waals surface area contributed by atoms with Crippen molar-refractivity contribution in [2.45, 2.75) is 16.9 Å². The lowest BCUT2D eigenvalue weighted by atomic mass is 10.3. The van der Waals surface area contributed by atoms with E-state index in [1.807, 2.05) is 0 Å². The van der Waals surface area contributed by atoms with Crippen LogP contribution in [0.4, 0.5) is 0 Å². The van der Waals surface area contributed by atoms with Gasteiger partial charge in [-0.25, -0.2) is 8.42 Å². The zero-order chi connectivity index (χ0) is 11.9. The van der Waals surface area contributed by atoms with Crippen LogP contribution in [0.5, 0.6) is 0 Å². The summed E-state index contributed by atoms with van der Waals surface area (Å²) in [7, 11) is -3.44. The maximum absolute atomic E-state index is 12.2. The van der Waals surface area contributed by atoms with Crippen molar-refractivity contribution >= 4 is 33.3 Å². The van der Waals surface area contributed by atoms with Crippen molar-refractivity contribution in [3.63, 3.8) is 0 Å². The molecule has 1 aliphatic rings. The fourth-order valence-corrected chi connectivity index (χ4v) is 3.49. The molecule has 5 nitrogen and oxygen atoms in total. The van der Waals surface area contributed by atoms with E-state index in [1.165, 1.54) is 0 Å². The zero-order valence-corrected chi connectivity index (χ0v) is 11.1. The number of hydrogen-bond donors (Lipinski definition) is 1. The normalized spacial score (nSPS) is 19.9. The van der Waals surface area contributed by atoms with Gasteiger partial charge in [-0.2, -0.15) is 4.98 Å². The Morgan fingerprint density at radius 1 is 1.33 bits per heavy atom. The average molecular weight is 289 g/mol. The van der Waals surface area contributed by atoms with Crippen molar-refractivity contribution in [1.82, 2.24) is 10.3 Å². The highest BCUT2D eigenvalue weighted by Gasteiger charge is 2.34. The second-order valence-corrected chi connectivity index (χ2v) is 6.21. The van der Waals surface area contributed by atoms with Gasteiger partial charge in [0, 0.05) is 6.54 Å². The molecule has 3 rings (SSSR count). The third kappa shape index (κ3) is 2.11. The molecule has 2 heterocycles. The molecule has 2 aromatic rings. The number of oxazole rings is 1. The predicted octanol–water partition coefficient (Wildman–Crippen LogP) is 1.39. The lowest BCUT2D eigenvalue weighted by Crippen LogP contribution is -2.24. The Balaban J connectivity index is 0.00000120. The summed E-state index contributed by atoms with van der Waals surface area (Å²) in [6, 6.07) is 7.05. The molecular weight excluding hydrogens is 276 g/mol. The number of fused-ring (bicyclic) bond motifs is 1. The van der Waals surface area contributed by atoms with Crippen LogP contribution in [0.2, 0.25) is 0 Å². The van der Waals surface area contributed by atoms with E-state index < -0.39 is 15.1 Å². The Bertz CT molecular complexity index is 614. The van der Waals surface area contributed by atoms with E-state index in [1.54, 1.807) is 24.3 Å². The molecule has 98 valence electrons. The van der Waals surface area contributed by atoms with Gasteiger partial charge in [-0.1, -0.05) is 12.1 Å². The summed E-state index contributed by atoms with van der Waals surface area (Å²) < 4.78 is 29.7. The molecule has 1 fully saturated rings. The molecule has 1 N–H and O–H groups in total. The van der Waals surface area contributed by atoms with Gasteiger partial charge in [0.05, 0.1) is 5.25 Å². The molecular formula is C11H13ClN2O3S. The van der Waals surface area contributed by atoms with Crippen LogP contribution < -0.4 is 5.32 Å². The molecule has 1 aromatic heterocycles. The van der Waals surface area contributed by atoms with Gasteiger partial charge in [0.15, 0.2) is 5.58 Å². The third-order valence-electron chi connectivity index (χ3n) is 2.97. The Morgan fingerprint density at radius 3 is 2.78 bits per heavy atom. The SMILES string of the molecule is Cl.O=S(=O)(c1nc2ccccc2o1)[C@H]1CCNC1. The summed E-state index contributed by atoms with van der Waals surface area (Å²) in [5.41, 5.74) is 1.09. The summed E-state index contributed by atoms with van der Waals surface area (Å²) in [6.45, 7) is 1.20. The van der Waals surface area contributed by atoms with E-state index in [0.717, 1.165) is 6.54 Å². The van der Waals surface area contributed by atoms with Crippen molar-refractivity contribution in [1.29, 1.82) is 0 Å². The van der Waals surface area contributed by atoms with Gasteiger partial charge in [0.2, 0.25) is 9.84 Å². The molecule has 0 radical (unpaired) electrons. The maximum atomic E-state index is 12.2. The minimum atomic E-state index is -3.44. The van der Waals surface area contributed by atoms with E-state index in [4.69, 9.17) is 4.42 Å². The lowest BCUT2D eigenvalue weighted by Gasteiger charge is -2.05. The van der Waals surface area contributed by atoms with Gasteiger partial charge < -0.3 is 9.73 Å².